The van der Waals surface area contributed by atoms with Gasteiger partial charge in [0.15, 0.2) is 23.0 Å². The van der Waals surface area contributed by atoms with Gasteiger partial charge >= 0.3 is 0 Å². The molecule has 3 aromatic rings. The second-order valence-electron chi connectivity index (χ2n) is 5.74. The number of imidazole rings is 1. The van der Waals surface area contributed by atoms with Gasteiger partial charge in [-0.25, -0.2) is 4.98 Å². The number of nitrogen functional groups attached to an aromatic ring is 1. The van der Waals surface area contributed by atoms with Crippen LogP contribution in [0.3, 0.4) is 0 Å². The number of nitrogens with zero attached hydrogens (tertiary/aromatic N) is 3. The monoisotopic (exact) mass is 326 g/mol. The molecule has 0 amide bonds. The molecule has 0 unspecified atom stereocenters. The number of para-hydroxylation sites is 1. The zero-order valence-corrected chi connectivity index (χ0v) is 13.2. The molecule has 3 heterocycles. The first-order valence-corrected chi connectivity index (χ1v) is 7.73. The normalized spacial score (nSPS) is 16.5. The summed E-state index contributed by atoms with van der Waals surface area (Å²) in [4.78, 5) is 15.5. The lowest BCUT2D eigenvalue weighted by Crippen LogP contribution is -2.27. The number of ether oxygens (including phenoxy) is 2. The fourth-order valence-electron chi connectivity index (χ4n) is 2.97. The van der Waals surface area contributed by atoms with E-state index in [4.69, 9.17) is 15.2 Å². The summed E-state index contributed by atoms with van der Waals surface area (Å²) in [7, 11) is 1.65. The van der Waals surface area contributed by atoms with E-state index in [1.807, 2.05) is 12.1 Å². The van der Waals surface area contributed by atoms with Crippen LogP contribution in [0.1, 0.15) is 5.56 Å². The minimum atomic E-state index is 0.201. The predicted molar refractivity (Wildman–Crippen MR) is 90.3 cm³/mol. The van der Waals surface area contributed by atoms with Gasteiger partial charge < -0.3 is 25.5 Å². The molecule has 4 rings (SSSR count). The Morgan fingerprint density at radius 2 is 2.33 bits per heavy atom. The van der Waals surface area contributed by atoms with Gasteiger partial charge in [-0.2, -0.15) is 9.97 Å². The van der Waals surface area contributed by atoms with E-state index in [2.05, 4.69) is 31.3 Å². The summed E-state index contributed by atoms with van der Waals surface area (Å²) in [5.41, 5.74) is 8.20. The number of fused-ring (bicyclic) bond motifs is 2. The highest BCUT2D eigenvalue weighted by Crippen LogP contribution is 2.36. The molecule has 1 aromatic carbocycles. The van der Waals surface area contributed by atoms with Gasteiger partial charge in [-0.3, -0.25) is 0 Å². The summed E-state index contributed by atoms with van der Waals surface area (Å²) in [5.74, 6) is 2.80. The highest BCUT2D eigenvalue weighted by Gasteiger charge is 2.23. The van der Waals surface area contributed by atoms with Gasteiger partial charge in [0.2, 0.25) is 5.95 Å². The van der Waals surface area contributed by atoms with Crippen LogP contribution in [0.5, 0.6) is 11.5 Å². The van der Waals surface area contributed by atoms with Crippen molar-refractivity contribution in [1.82, 2.24) is 19.9 Å². The lowest BCUT2D eigenvalue weighted by atomic mass is 9.96. The summed E-state index contributed by atoms with van der Waals surface area (Å²) in [5, 5.41) is 3.33. The third-order valence-electron chi connectivity index (χ3n) is 4.11. The van der Waals surface area contributed by atoms with Gasteiger partial charge in [0, 0.05) is 12.5 Å². The minimum absolute atomic E-state index is 0.201. The molecule has 2 aromatic heterocycles. The van der Waals surface area contributed by atoms with Crippen LogP contribution in [0.4, 0.5) is 11.8 Å². The number of aromatic amines is 1. The number of nitrogens with one attached hydrogen (secondary N) is 2. The van der Waals surface area contributed by atoms with Gasteiger partial charge in [0.1, 0.15) is 5.52 Å². The van der Waals surface area contributed by atoms with Gasteiger partial charge in [-0.15, -0.1) is 0 Å². The standard InChI is InChI=1S/C16H18N6O2/c1-23-11-4-2-3-10-5-9(7-24-13(10)11)6-18-14-12-15(20-8-19-12)22-16(17)21-14/h2-4,8-9H,5-7H2,1H3,(H4,17,18,19,20,21,22)/t9-/m1/s1. The summed E-state index contributed by atoms with van der Waals surface area (Å²) < 4.78 is 11.2. The number of aromatic nitrogens is 4. The summed E-state index contributed by atoms with van der Waals surface area (Å²) in [6.07, 6.45) is 2.49. The maximum atomic E-state index is 5.90. The Balaban J connectivity index is 1.49. The number of anilines is 2. The first-order valence-electron chi connectivity index (χ1n) is 7.73. The zero-order chi connectivity index (χ0) is 16.5. The Kier molecular flexibility index (Phi) is 3.56. The van der Waals surface area contributed by atoms with Crippen molar-refractivity contribution in [2.45, 2.75) is 6.42 Å². The van der Waals surface area contributed by atoms with E-state index in [0.717, 1.165) is 29.0 Å². The van der Waals surface area contributed by atoms with E-state index in [1.165, 1.54) is 0 Å². The van der Waals surface area contributed by atoms with E-state index in [0.29, 0.717) is 30.5 Å². The molecular formula is C16H18N6O2. The van der Waals surface area contributed by atoms with Crippen LogP contribution in [-0.2, 0) is 6.42 Å². The molecule has 8 heteroatoms. The Morgan fingerprint density at radius 3 is 3.21 bits per heavy atom. The number of benzene rings is 1. The van der Waals surface area contributed by atoms with E-state index in [-0.39, 0.29) is 5.95 Å². The molecule has 0 saturated carbocycles. The maximum Gasteiger partial charge on any atom is 0.224 e. The van der Waals surface area contributed by atoms with Crippen LogP contribution in [-0.4, -0.2) is 40.2 Å². The Labute approximate surface area is 138 Å². The molecule has 0 saturated heterocycles. The van der Waals surface area contributed by atoms with Gasteiger partial charge in [0.05, 0.1) is 20.0 Å². The fourth-order valence-corrected chi connectivity index (χ4v) is 2.97. The maximum absolute atomic E-state index is 5.90. The van der Waals surface area contributed by atoms with Gasteiger partial charge in [-0.1, -0.05) is 12.1 Å². The third kappa shape index (κ3) is 2.55. The first kappa shape index (κ1) is 14.6. The average molecular weight is 326 g/mol. The average Bonchev–Trinajstić information content (AvgIpc) is 3.07. The van der Waals surface area contributed by atoms with Crippen molar-refractivity contribution in [2.75, 3.05) is 31.3 Å². The summed E-state index contributed by atoms with van der Waals surface area (Å²) in [6, 6.07) is 5.96. The van der Waals surface area contributed by atoms with E-state index >= 15 is 0 Å². The van der Waals surface area contributed by atoms with Gasteiger partial charge in [-0.05, 0) is 18.1 Å². The molecule has 1 aliphatic heterocycles. The van der Waals surface area contributed by atoms with Crippen molar-refractivity contribution in [1.29, 1.82) is 0 Å². The Morgan fingerprint density at radius 1 is 1.42 bits per heavy atom. The van der Waals surface area contributed by atoms with Gasteiger partial charge in [0.25, 0.3) is 0 Å². The number of methoxy groups -OCH3 is 1. The predicted octanol–water partition coefficient (Wildman–Crippen LogP) is 1.61. The molecule has 1 aliphatic rings. The van der Waals surface area contributed by atoms with Crippen molar-refractivity contribution >= 4 is 22.9 Å². The van der Waals surface area contributed by atoms with Crippen LogP contribution in [0.15, 0.2) is 24.5 Å². The molecule has 0 spiro atoms. The molecule has 24 heavy (non-hydrogen) atoms. The fraction of sp³-hybridized carbons (Fsp3) is 0.312. The smallest absolute Gasteiger partial charge is 0.224 e. The topological polar surface area (TPSA) is 111 Å². The lowest BCUT2D eigenvalue weighted by molar-refractivity contribution is 0.218. The molecule has 0 radical (unpaired) electrons. The van der Waals surface area contributed by atoms with Crippen molar-refractivity contribution < 1.29 is 9.47 Å². The third-order valence-corrected chi connectivity index (χ3v) is 4.11. The van der Waals surface area contributed by atoms with E-state index < -0.39 is 0 Å². The van der Waals surface area contributed by atoms with Crippen LogP contribution in [0, 0.1) is 5.92 Å². The second-order valence-corrected chi connectivity index (χ2v) is 5.74. The highest BCUT2D eigenvalue weighted by atomic mass is 16.5. The van der Waals surface area contributed by atoms with Crippen LogP contribution in [0.25, 0.3) is 11.2 Å². The number of rotatable bonds is 4. The SMILES string of the molecule is COc1cccc2c1OC[C@@H](CNc1nc(N)nc3nc[nH]c13)C2. The molecule has 0 bridgehead atoms. The van der Waals surface area contributed by atoms with Crippen LogP contribution >= 0.6 is 0 Å². The van der Waals surface area contributed by atoms with E-state index in [1.54, 1.807) is 13.4 Å². The van der Waals surface area contributed by atoms with Crippen molar-refractivity contribution in [3.63, 3.8) is 0 Å². The molecule has 1 atom stereocenters. The molecule has 0 aliphatic carbocycles. The Hall–Kier alpha value is -3.03. The number of hydrogen-bond donors (Lipinski definition) is 3. The molecule has 4 N–H and O–H groups in total. The van der Waals surface area contributed by atoms with E-state index in [9.17, 15) is 0 Å². The summed E-state index contributed by atoms with van der Waals surface area (Å²) in [6.45, 7) is 1.33. The minimum Gasteiger partial charge on any atom is -0.493 e. The van der Waals surface area contributed by atoms with Crippen molar-refractivity contribution in [3.05, 3.63) is 30.1 Å². The first-order chi connectivity index (χ1) is 11.7. The second kappa shape index (κ2) is 5.88. The quantitative estimate of drug-likeness (QED) is 0.668. The number of H-pyrrole nitrogens is 1. The van der Waals surface area contributed by atoms with Crippen LogP contribution < -0.4 is 20.5 Å². The number of nitrogens with two attached hydrogens (primary N) is 1. The highest BCUT2D eigenvalue weighted by molar-refractivity contribution is 5.83. The zero-order valence-electron chi connectivity index (χ0n) is 13.2. The molecule has 124 valence electrons. The summed E-state index contributed by atoms with van der Waals surface area (Å²) >= 11 is 0. The number of hydrogen-bond acceptors (Lipinski definition) is 7. The molecule has 0 fully saturated rings. The molecule has 8 nitrogen and oxygen atoms in total. The Bertz CT molecular complexity index is 878. The lowest BCUT2D eigenvalue weighted by Gasteiger charge is -2.26. The molecular weight excluding hydrogens is 308 g/mol. The van der Waals surface area contributed by atoms with Crippen molar-refractivity contribution in [3.8, 4) is 11.5 Å². The largest absolute Gasteiger partial charge is 0.493 e. The van der Waals surface area contributed by atoms with Crippen LogP contribution in [0.2, 0.25) is 0 Å². The van der Waals surface area contributed by atoms with Crippen molar-refractivity contribution in [2.24, 2.45) is 5.92 Å².